The van der Waals surface area contributed by atoms with Crippen LogP contribution in [0.15, 0.2) is 30.3 Å². The van der Waals surface area contributed by atoms with Gasteiger partial charge in [-0.3, -0.25) is 4.79 Å². The first kappa shape index (κ1) is 14.7. The second kappa shape index (κ2) is 7.17. The van der Waals surface area contributed by atoms with Crippen LogP contribution in [0.3, 0.4) is 0 Å². The van der Waals surface area contributed by atoms with Crippen LogP contribution in [-0.2, 0) is 4.79 Å². The molecule has 0 bridgehead atoms. The Morgan fingerprint density at radius 1 is 1.33 bits per heavy atom. The number of unbranched alkanes of at least 4 members (excludes halogenated alkanes) is 1. The number of likely N-dealkylation sites (N-methyl/N-ethyl adjacent to an activating group) is 1. The van der Waals surface area contributed by atoms with Crippen molar-refractivity contribution in [3.63, 3.8) is 0 Å². The summed E-state index contributed by atoms with van der Waals surface area (Å²) in [5.74, 6) is 0.0276. The summed E-state index contributed by atoms with van der Waals surface area (Å²) in [7, 11) is 1.83. The molecule has 0 aliphatic heterocycles. The number of rotatable bonds is 6. The van der Waals surface area contributed by atoms with Crippen LogP contribution in [0.25, 0.3) is 0 Å². The molecule has 2 unspecified atom stereocenters. The molecule has 0 aliphatic rings. The first-order chi connectivity index (χ1) is 8.57. The Labute approximate surface area is 110 Å². The molecule has 0 radical (unpaired) electrons. The molecule has 18 heavy (non-hydrogen) atoms. The molecule has 0 saturated carbocycles. The first-order valence-corrected chi connectivity index (χ1v) is 6.65. The fourth-order valence-corrected chi connectivity index (χ4v) is 1.96. The Kier molecular flexibility index (Phi) is 5.86. The number of hydrogen-bond acceptors (Lipinski definition) is 2. The van der Waals surface area contributed by atoms with Crippen molar-refractivity contribution < 1.29 is 4.79 Å². The maximum Gasteiger partial charge on any atom is 0.239 e. The molecule has 0 heterocycles. The second-order valence-corrected chi connectivity index (χ2v) is 4.78. The zero-order valence-electron chi connectivity index (χ0n) is 11.6. The summed E-state index contributed by atoms with van der Waals surface area (Å²) in [6.45, 7) is 4.13. The van der Waals surface area contributed by atoms with Crippen molar-refractivity contribution in [3.05, 3.63) is 35.9 Å². The molecule has 3 nitrogen and oxygen atoms in total. The molecular weight excluding hydrogens is 224 g/mol. The Morgan fingerprint density at radius 3 is 2.50 bits per heavy atom. The molecule has 1 aromatic rings. The summed E-state index contributed by atoms with van der Waals surface area (Å²) in [5, 5.41) is 0. The lowest BCUT2D eigenvalue weighted by Crippen LogP contribution is -2.42. The Balaban J connectivity index is 2.63. The van der Waals surface area contributed by atoms with Gasteiger partial charge < -0.3 is 10.6 Å². The van der Waals surface area contributed by atoms with E-state index in [0.717, 1.165) is 24.8 Å². The fourth-order valence-electron chi connectivity index (χ4n) is 1.96. The maximum absolute atomic E-state index is 12.2. The quantitative estimate of drug-likeness (QED) is 0.841. The zero-order chi connectivity index (χ0) is 13.5. The van der Waals surface area contributed by atoms with Crippen molar-refractivity contribution in [3.8, 4) is 0 Å². The number of amides is 1. The number of benzene rings is 1. The monoisotopic (exact) mass is 248 g/mol. The molecule has 0 saturated heterocycles. The molecule has 0 aliphatic carbocycles. The van der Waals surface area contributed by atoms with Crippen molar-refractivity contribution in [2.45, 2.75) is 45.2 Å². The van der Waals surface area contributed by atoms with Crippen LogP contribution >= 0.6 is 0 Å². The van der Waals surface area contributed by atoms with Gasteiger partial charge in [-0.25, -0.2) is 0 Å². The van der Waals surface area contributed by atoms with Gasteiger partial charge in [-0.05, 0) is 18.9 Å². The zero-order valence-corrected chi connectivity index (χ0v) is 11.6. The standard InChI is InChI=1S/C15H24N2O/c1-4-5-11-14(16)15(18)17(3)12(2)13-9-7-6-8-10-13/h6-10,12,14H,4-5,11,16H2,1-3H3. The van der Waals surface area contributed by atoms with E-state index in [1.807, 2.05) is 44.3 Å². The van der Waals surface area contributed by atoms with E-state index < -0.39 is 0 Å². The molecule has 3 heteroatoms. The van der Waals surface area contributed by atoms with Gasteiger partial charge in [0.2, 0.25) is 5.91 Å². The highest BCUT2D eigenvalue weighted by Crippen LogP contribution is 2.19. The van der Waals surface area contributed by atoms with Gasteiger partial charge in [-0.15, -0.1) is 0 Å². The van der Waals surface area contributed by atoms with Gasteiger partial charge in [0.25, 0.3) is 0 Å². The molecule has 0 fully saturated rings. The molecule has 2 atom stereocenters. The van der Waals surface area contributed by atoms with Crippen LogP contribution in [-0.4, -0.2) is 23.9 Å². The van der Waals surface area contributed by atoms with E-state index in [-0.39, 0.29) is 18.0 Å². The van der Waals surface area contributed by atoms with Gasteiger partial charge in [-0.2, -0.15) is 0 Å². The summed E-state index contributed by atoms with van der Waals surface area (Å²) >= 11 is 0. The lowest BCUT2D eigenvalue weighted by Gasteiger charge is -2.28. The average Bonchev–Trinajstić information content (AvgIpc) is 2.43. The van der Waals surface area contributed by atoms with Crippen molar-refractivity contribution >= 4 is 5.91 Å². The van der Waals surface area contributed by atoms with Crippen molar-refractivity contribution in [2.75, 3.05) is 7.05 Å². The summed E-state index contributed by atoms with van der Waals surface area (Å²) in [6.07, 6.45) is 2.83. The second-order valence-electron chi connectivity index (χ2n) is 4.78. The van der Waals surface area contributed by atoms with Gasteiger partial charge in [-0.1, -0.05) is 50.1 Å². The van der Waals surface area contributed by atoms with Gasteiger partial charge in [0.15, 0.2) is 0 Å². The highest BCUT2D eigenvalue weighted by atomic mass is 16.2. The third-order valence-electron chi connectivity index (χ3n) is 3.40. The molecule has 100 valence electrons. The topological polar surface area (TPSA) is 46.3 Å². The van der Waals surface area contributed by atoms with Gasteiger partial charge in [0.05, 0.1) is 12.1 Å². The molecule has 1 amide bonds. The van der Waals surface area contributed by atoms with Crippen LogP contribution < -0.4 is 5.73 Å². The minimum atomic E-state index is -0.374. The van der Waals surface area contributed by atoms with Crippen molar-refractivity contribution in [1.29, 1.82) is 0 Å². The van der Waals surface area contributed by atoms with E-state index >= 15 is 0 Å². The lowest BCUT2D eigenvalue weighted by atomic mass is 10.1. The minimum absolute atomic E-state index is 0.0276. The van der Waals surface area contributed by atoms with Crippen molar-refractivity contribution in [2.24, 2.45) is 5.73 Å². The van der Waals surface area contributed by atoms with E-state index in [0.29, 0.717) is 0 Å². The Hall–Kier alpha value is -1.35. The van der Waals surface area contributed by atoms with Gasteiger partial charge >= 0.3 is 0 Å². The summed E-state index contributed by atoms with van der Waals surface area (Å²) < 4.78 is 0. The Morgan fingerprint density at radius 2 is 1.94 bits per heavy atom. The van der Waals surface area contributed by atoms with Gasteiger partial charge in [0, 0.05) is 7.05 Å². The predicted octanol–water partition coefficient (Wildman–Crippen LogP) is 2.72. The van der Waals surface area contributed by atoms with Crippen molar-refractivity contribution in [1.82, 2.24) is 4.90 Å². The summed E-state index contributed by atoms with van der Waals surface area (Å²) in [5.41, 5.74) is 7.06. The van der Waals surface area contributed by atoms with Gasteiger partial charge in [0.1, 0.15) is 0 Å². The SMILES string of the molecule is CCCCC(N)C(=O)N(C)C(C)c1ccccc1. The molecule has 1 aromatic carbocycles. The van der Waals surface area contributed by atoms with Crippen LogP contribution in [0.1, 0.15) is 44.7 Å². The highest BCUT2D eigenvalue weighted by molar-refractivity contribution is 5.81. The number of carbonyl (C=O) groups is 1. The number of nitrogens with zero attached hydrogens (tertiary/aromatic N) is 1. The smallest absolute Gasteiger partial charge is 0.239 e. The molecular formula is C15H24N2O. The fraction of sp³-hybridized carbons (Fsp3) is 0.533. The average molecular weight is 248 g/mol. The van der Waals surface area contributed by atoms with Crippen LogP contribution in [0.2, 0.25) is 0 Å². The van der Waals surface area contributed by atoms with Crippen LogP contribution in [0.5, 0.6) is 0 Å². The largest absolute Gasteiger partial charge is 0.338 e. The minimum Gasteiger partial charge on any atom is -0.338 e. The van der Waals surface area contributed by atoms with E-state index in [2.05, 4.69) is 6.92 Å². The first-order valence-electron chi connectivity index (χ1n) is 6.65. The van der Waals surface area contributed by atoms with E-state index in [9.17, 15) is 4.79 Å². The molecule has 2 N–H and O–H groups in total. The van der Waals surface area contributed by atoms with E-state index in [1.54, 1.807) is 4.90 Å². The van der Waals surface area contributed by atoms with E-state index in [1.165, 1.54) is 0 Å². The number of nitrogens with two attached hydrogens (primary N) is 1. The normalized spacial score (nSPS) is 14.0. The third-order valence-corrected chi connectivity index (χ3v) is 3.40. The Bertz CT molecular complexity index is 364. The number of hydrogen-bond donors (Lipinski definition) is 1. The lowest BCUT2D eigenvalue weighted by molar-refractivity contribution is -0.133. The molecule has 0 aromatic heterocycles. The molecule has 1 rings (SSSR count). The maximum atomic E-state index is 12.2. The van der Waals surface area contributed by atoms with E-state index in [4.69, 9.17) is 5.73 Å². The summed E-state index contributed by atoms with van der Waals surface area (Å²) in [4.78, 5) is 13.9. The van der Waals surface area contributed by atoms with Crippen LogP contribution in [0, 0.1) is 0 Å². The third kappa shape index (κ3) is 3.84. The molecule has 0 spiro atoms. The summed E-state index contributed by atoms with van der Waals surface area (Å²) in [6, 6.07) is 9.71. The predicted molar refractivity (Wildman–Crippen MR) is 75.1 cm³/mol. The highest BCUT2D eigenvalue weighted by Gasteiger charge is 2.22. The van der Waals surface area contributed by atoms with Crippen LogP contribution in [0.4, 0.5) is 0 Å². The number of carbonyl (C=O) groups excluding carboxylic acids is 1.